The lowest BCUT2D eigenvalue weighted by Gasteiger charge is -2.33. The van der Waals surface area contributed by atoms with E-state index in [2.05, 4.69) is 13.8 Å². The second-order valence-corrected chi connectivity index (χ2v) is 7.69. The maximum Gasteiger partial charge on any atom is 0.311 e. The maximum atomic E-state index is 12.8. The van der Waals surface area contributed by atoms with E-state index in [4.69, 9.17) is 9.47 Å². The first-order valence-electron chi connectivity index (χ1n) is 9.20. The number of carbonyl (C=O) groups is 2. The summed E-state index contributed by atoms with van der Waals surface area (Å²) in [6.07, 6.45) is -0.216. The molecule has 2 aliphatic rings. The summed E-state index contributed by atoms with van der Waals surface area (Å²) in [5, 5.41) is 9.73. The van der Waals surface area contributed by atoms with Crippen molar-refractivity contribution < 1.29 is 24.2 Å². The highest BCUT2D eigenvalue weighted by atomic mass is 16.5. The second-order valence-electron chi connectivity index (χ2n) is 7.69. The van der Waals surface area contributed by atoms with E-state index < -0.39 is 17.5 Å². The highest BCUT2D eigenvalue weighted by molar-refractivity contribution is 5.84. The molecule has 0 saturated carbocycles. The van der Waals surface area contributed by atoms with Crippen LogP contribution in [0.4, 0.5) is 0 Å². The Morgan fingerprint density at radius 1 is 1.35 bits per heavy atom. The van der Waals surface area contributed by atoms with E-state index in [9.17, 15) is 14.7 Å². The van der Waals surface area contributed by atoms with Crippen LogP contribution >= 0.6 is 0 Å². The second kappa shape index (κ2) is 7.27. The molecule has 1 aromatic carbocycles. The predicted molar refractivity (Wildman–Crippen MR) is 96.2 cm³/mol. The van der Waals surface area contributed by atoms with Gasteiger partial charge in [0.25, 0.3) is 5.91 Å². The van der Waals surface area contributed by atoms with E-state index in [1.807, 2.05) is 24.3 Å². The van der Waals surface area contributed by atoms with Gasteiger partial charge in [0.2, 0.25) is 0 Å². The SMILES string of the molecule is CC(Oc1cccc(C(C)C)c1)C(=O)N1C[C@H]2COCC[C@@]2(C(=O)O)C1. The molecule has 6 nitrogen and oxygen atoms in total. The third kappa shape index (κ3) is 3.43. The molecule has 142 valence electrons. The lowest BCUT2D eigenvalue weighted by Crippen LogP contribution is -2.45. The van der Waals surface area contributed by atoms with Crippen LogP contribution in [0.25, 0.3) is 0 Å². The largest absolute Gasteiger partial charge is 0.481 e. The van der Waals surface area contributed by atoms with Crippen molar-refractivity contribution in [2.75, 3.05) is 26.3 Å². The number of fused-ring (bicyclic) bond motifs is 1. The Bertz CT molecular complexity index is 689. The molecule has 0 aromatic heterocycles. The zero-order chi connectivity index (χ0) is 18.9. The van der Waals surface area contributed by atoms with E-state index in [-0.39, 0.29) is 18.4 Å². The number of nitrogens with zero attached hydrogens (tertiary/aromatic N) is 1. The van der Waals surface area contributed by atoms with Crippen molar-refractivity contribution in [1.29, 1.82) is 0 Å². The summed E-state index contributed by atoms with van der Waals surface area (Å²) in [5.74, 6) is -0.130. The summed E-state index contributed by atoms with van der Waals surface area (Å²) in [7, 11) is 0. The minimum atomic E-state index is -0.884. The molecule has 1 N–H and O–H groups in total. The van der Waals surface area contributed by atoms with Gasteiger partial charge in [-0.15, -0.1) is 0 Å². The van der Waals surface area contributed by atoms with Crippen LogP contribution in [-0.4, -0.2) is 54.3 Å². The first kappa shape index (κ1) is 18.7. The molecular weight excluding hydrogens is 334 g/mol. The summed E-state index contributed by atoms with van der Waals surface area (Å²) < 4.78 is 11.3. The Morgan fingerprint density at radius 2 is 2.12 bits per heavy atom. The van der Waals surface area contributed by atoms with E-state index in [1.165, 1.54) is 0 Å². The third-order valence-electron chi connectivity index (χ3n) is 5.63. The quantitative estimate of drug-likeness (QED) is 0.872. The zero-order valence-electron chi connectivity index (χ0n) is 15.6. The van der Waals surface area contributed by atoms with Gasteiger partial charge < -0.3 is 19.5 Å². The molecule has 3 atom stereocenters. The van der Waals surface area contributed by atoms with Crippen LogP contribution in [0.15, 0.2) is 24.3 Å². The van der Waals surface area contributed by atoms with Crippen LogP contribution in [0.5, 0.6) is 5.75 Å². The molecular formula is C20H27NO5. The summed E-state index contributed by atoms with van der Waals surface area (Å²) in [6, 6.07) is 7.74. The molecule has 0 spiro atoms. The molecule has 2 aliphatic heterocycles. The number of carbonyl (C=O) groups excluding carboxylic acids is 1. The molecule has 1 unspecified atom stereocenters. The molecule has 1 amide bonds. The summed E-state index contributed by atoms with van der Waals surface area (Å²) in [4.78, 5) is 26.3. The van der Waals surface area contributed by atoms with Crippen molar-refractivity contribution in [1.82, 2.24) is 4.90 Å². The molecule has 26 heavy (non-hydrogen) atoms. The summed E-state index contributed by atoms with van der Waals surface area (Å²) >= 11 is 0. The summed E-state index contributed by atoms with van der Waals surface area (Å²) in [5.41, 5.74) is 0.266. The average Bonchev–Trinajstić information content (AvgIpc) is 3.02. The lowest BCUT2D eigenvalue weighted by molar-refractivity contribution is -0.157. The van der Waals surface area contributed by atoms with Crippen LogP contribution < -0.4 is 4.74 Å². The van der Waals surface area contributed by atoms with Gasteiger partial charge in [0.15, 0.2) is 6.10 Å². The van der Waals surface area contributed by atoms with Crippen LogP contribution in [0.1, 0.15) is 38.7 Å². The number of carboxylic acids is 1. The average molecular weight is 361 g/mol. The molecule has 1 aromatic rings. The highest BCUT2D eigenvalue weighted by Crippen LogP contribution is 2.42. The highest BCUT2D eigenvalue weighted by Gasteiger charge is 2.55. The van der Waals surface area contributed by atoms with Gasteiger partial charge in [-0.05, 0) is 37.0 Å². The van der Waals surface area contributed by atoms with Gasteiger partial charge in [0, 0.05) is 25.6 Å². The number of hydrogen-bond acceptors (Lipinski definition) is 4. The Morgan fingerprint density at radius 3 is 2.77 bits per heavy atom. The Hall–Kier alpha value is -2.08. The normalized spacial score (nSPS) is 26.5. The van der Waals surface area contributed by atoms with Crippen LogP contribution in [0.2, 0.25) is 0 Å². The van der Waals surface area contributed by atoms with Gasteiger partial charge in [-0.1, -0.05) is 26.0 Å². The number of benzene rings is 1. The molecule has 2 saturated heterocycles. The standard InChI is InChI=1S/C20H27NO5/c1-13(2)15-5-4-6-17(9-15)26-14(3)18(22)21-10-16-11-25-8-7-20(16,12-21)19(23)24/h4-6,9,13-14,16H,7-8,10-12H2,1-3H3,(H,23,24)/t14?,16-,20+/m0/s1. The zero-order valence-corrected chi connectivity index (χ0v) is 15.6. The Balaban J connectivity index is 1.69. The minimum Gasteiger partial charge on any atom is -0.481 e. The lowest BCUT2D eigenvalue weighted by atomic mass is 9.74. The summed E-state index contributed by atoms with van der Waals surface area (Å²) in [6.45, 7) is 7.39. The topological polar surface area (TPSA) is 76.1 Å². The van der Waals surface area contributed by atoms with Crippen molar-refractivity contribution in [2.45, 2.75) is 39.2 Å². The number of ether oxygens (including phenoxy) is 2. The number of carboxylic acid groups (broad SMARTS) is 1. The van der Waals surface area contributed by atoms with E-state index in [0.717, 1.165) is 5.56 Å². The molecule has 0 radical (unpaired) electrons. The smallest absolute Gasteiger partial charge is 0.311 e. The monoisotopic (exact) mass is 361 g/mol. The molecule has 2 fully saturated rings. The number of amides is 1. The number of rotatable bonds is 5. The fourth-order valence-electron chi connectivity index (χ4n) is 3.93. The van der Waals surface area contributed by atoms with Crippen LogP contribution in [-0.2, 0) is 14.3 Å². The van der Waals surface area contributed by atoms with E-state index in [0.29, 0.717) is 37.8 Å². The number of likely N-dealkylation sites (tertiary alicyclic amines) is 1. The van der Waals surface area contributed by atoms with Gasteiger partial charge in [0.05, 0.1) is 12.0 Å². The minimum absolute atomic E-state index is 0.158. The third-order valence-corrected chi connectivity index (χ3v) is 5.63. The Kier molecular flexibility index (Phi) is 5.23. The van der Waals surface area contributed by atoms with Gasteiger partial charge in [-0.25, -0.2) is 0 Å². The predicted octanol–water partition coefficient (Wildman–Crippen LogP) is 2.53. The number of hydrogen-bond donors (Lipinski definition) is 1. The molecule has 3 rings (SSSR count). The fraction of sp³-hybridized carbons (Fsp3) is 0.600. The van der Waals surface area contributed by atoms with Crippen molar-refractivity contribution in [2.24, 2.45) is 11.3 Å². The van der Waals surface area contributed by atoms with Crippen molar-refractivity contribution in [3.63, 3.8) is 0 Å². The number of aliphatic carboxylic acids is 1. The maximum absolute atomic E-state index is 12.8. The molecule has 0 aliphatic carbocycles. The Labute approximate surface area is 154 Å². The van der Waals surface area contributed by atoms with Crippen LogP contribution in [0.3, 0.4) is 0 Å². The molecule has 6 heteroatoms. The van der Waals surface area contributed by atoms with Crippen molar-refractivity contribution in [3.8, 4) is 5.75 Å². The fourth-order valence-corrected chi connectivity index (χ4v) is 3.93. The van der Waals surface area contributed by atoms with Gasteiger partial charge >= 0.3 is 5.97 Å². The van der Waals surface area contributed by atoms with Gasteiger partial charge in [-0.2, -0.15) is 0 Å². The first-order chi connectivity index (χ1) is 12.3. The van der Waals surface area contributed by atoms with Crippen LogP contribution in [0, 0.1) is 11.3 Å². The molecule has 0 bridgehead atoms. The molecule has 2 heterocycles. The first-order valence-corrected chi connectivity index (χ1v) is 9.20. The van der Waals surface area contributed by atoms with Crippen molar-refractivity contribution >= 4 is 11.9 Å². The van der Waals surface area contributed by atoms with Gasteiger partial charge in [-0.3, -0.25) is 9.59 Å². The van der Waals surface area contributed by atoms with Gasteiger partial charge in [0.1, 0.15) is 5.75 Å². The van der Waals surface area contributed by atoms with E-state index >= 15 is 0 Å². The van der Waals surface area contributed by atoms with E-state index in [1.54, 1.807) is 11.8 Å². The van der Waals surface area contributed by atoms with Crippen molar-refractivity contribution in [3.05, 3.63) is 29.8 Å².